The van der Waals surface area contributed by atoms with Gasteiger partial charge in [0.05, 0.1) is 6.04 Å². The minimum Gasteiger partial charge on any atom is -0.396 e. The Labute approximate surface area is 119 Å². The standard InChI is InChI=1S/C17H20FNO/c18-16-10-8-15(9-11-16)17(19-12-4-5-13-20)14-6-2-1-3-7-14/h1-3,6-11,17,19-20H,4-5,12-13H2. The van der Waals surface area contributed by atoms with Crippen LogP contribution in [-0.4, -0.2) is 18.3 Å². The number of rotatable bonds is 7. The molecule has 0 fully saturated rings. The first-order chi connectivity index (χ1) is 9.81. The minimum absolute atomic E-state index is 0.0514. The molecular weight excluding hydrogens is 253 g/mol. The summed E-state index contributed by atoms with van der Waals surface area (Å²) in [7, 11) is 0. The van der Waals surface area contributed by atoms with Crippen molar-refractivity contribution in [3.05, 3.63) is 71.5 Å². The van der Waals surface area contributed by atoms with E-state index in [1.807, 2.05) is 30.3 Å². The summed E-state index contributed by atoms with van der Waals surface area (Å²) in [6, 6.07) is 16.8. The number of unbranched alkanes of at least 4 members (excludes halogenated alkanes) is 1. The number of aliphatic hydroxyl groups excluding tert-OH is 1. The van der Waals surface area contributed by atoms with E-state index in [4.69, 9.17) is 5.11 Å². The van der Waals surface area contributed by atoms with E-state index in [0.717, 1.165) is 30.5 Å². The maximum atomic E-state index is 13.1. The maximum absolute atomic E-state index is 13.1. The third kappa shape index (κ3) is 4.15. The third-order valence-electron chi connectivity index (χ3n) is 3.27. The predicted molar refractivity (Wildman–Crippen MR) is 79.0 cm³/mol. The predicted octanol–water partition coefficient (Wildman–Crippen LogP) is 3.28. The highest BCUT2D eigenvalue weighted by Gasteiger charge is 2.12. The van der Waals surface area contributed by atoms with E-state index >= 15 is 0 Å². The van der Waals surface area contributed by atoms with Gasteiger partial charge in [-0.3, -0.25) is 0 Å². The molecule has 0 aliphatic heterocycles. The Morgan fingerprint density at radius 2 is 1.55 bits per heavy atom. The van der Waals surface area contributed by atoms with Crippen LogP contribution in [0.3, 0.4) is 0 Å². The lowest BCUT2D eigenvalue weighted by molar-refractivity contribution is 0.283. The van der Waals surface area contributed by atoms with Gasteiger partial charge in [-0.1, -0.05) is 42.5 Å². The molecule has 2 aromatic carbocycles. The highest BCUT2D eigenvalue weighted by molar-refractivity contribution is 5.31. The highest BCUT2D eigenvalue weighted by Crippen LogP contribution is 2.22. The van der Waals surface area contributed by atoms with E-state index in [1.54, 1.807) is 0 Å². The zero-order valence-corrected chi connectivity index (χ0v) is 11.4. The number of aliphatic hydroxyl groups is 1. The molecule has 2 aromatic rings. The summed E-state index contributed by atoms with van der Waals surface area (Å²) in [6.45, 7) is 1.03. The maximum Gasteiger partial charge on any atom is 0.123 e. The van der Waals surface area contributed by atoms with Crippen LogP contribution in [0.4, 0.5) is 4.39 Å². The molecule has 2 rings (SSSR count). The smallest absolute Gasteiger partial charge is 0.123 e. The Morgan fingerprint density at radius 3 is 2.20 bits per heavy atom. The molecule has 0 bridgehead atoms. The molecule has 0 spiro atoms. The lowest BCUT2D eigenvalue weighted by Gasteiger charge is -2.20. The quantitative estimate of drug-likeness (QED) is 0.759. The van der Waals surface area contributed by atoms with Crippen LogP contribution in [0, 0.1) is 5.82 Å². The summed E-state index contributed by atoms with van der Waals surface area (Å²) in [5, 5.41) is 12.3. The van der Waals surface area contributed by atoms with Crippen molar-refractivity contribution in [2.24, 2.45) is 0 Å². The largest absolute Gasteiger partial charge is 0.396 e. The second-order valence-corrected chi connectivity index (χ2v) is 4.78. The monoisotopic (exact) mass is 273 g/mol. The summed E-state index contributed by atoms with van der Waals surface area (Å²) in [4.78, 5) is 0. The molecule has 106 valence electrons. The zero-order chi connectivity index (χ0) is 14.2. The van der Waals surface area contributed by atoms with Gasteiger partial charge in [0.2, 0.25) is 0 Å². The van der Waals surface area contributed by atoms with Gasteiger partial charge in [-0.05, 0) is 42.6 Å². The second kappa shape index (κ2) is 7.78. The average Bonchev–Trinajstić information content (AvgIpc) is 2.50. The number of nitrogens with one attached hydrogen (secondary N) is 1. The third-order valence-corrected chi connectivity index (χ3v) is 3.27. The van der Waals surface area contributed by atoms with Crippen molar-refractivity contribution >= 4 is 0 Å². The van der Waals surface area contributed by atoms with Gasteiger partial charge in [0, 0.05) is 6.61 Å². The van der Waals surface area contributed by atoms with Crippen LogP contribution in [0.1, 0.15) is 30.0 Å². The second-order valence-electron chi connectivity index (χ2n) is 4.78. The van der Waals surface area contributed by atoms with Crippen LogP contribution in [0.2, 0.25) is 0 Å². The number of halogens is 1. The van der Waals surface area contributed by atoms with Crippen LogP contribution in [0.5, 0.6) is 0 Å². The first kappa shape index (κ1) is 14.7. The highest BCUT2D eigenvalue weighted by atomic mass is 19.1. The minimum atomic E-state index is -0.221. The molecule has 0 aliphatic carbocycles. The normalized spacial score (nSPS) is 12.3. The lowest BCUT2D eigenvalue weighted by atomic mass is 9.98. The lowest BCUT2D eigenvalue weighted by Crippen LogP contribution is -2.23. The van der Waals surface area contributed by atoms with E-state index in [9.17, 15) is 4.39 Å². The summed E-state index contributed by atoms with van der Waals surface area (Å²) in [5.41, 5.74) is 2.20. The van der Waals surface area contributed by atoms with Crippen molar-refractivity contribution < 1.29 is 9.50 Å². The molecule has 0 saturated heterocycles. The fourth-order valence-electron chi connectivity index (χ4n) is 2.21. The molecule has 3 heteroatoms. The molecule has 0 aromatic heterocycles. The van der Waals surface area contributed by atoms with Crippen molar-refractivity contribution in [1.29, 1.82) is 0 Å². The first-order valence-corrected chi connectivity index (χ1v) is 6.96. The topological polar surface area (TPSA) is 32.3 Å². The molecule has 2 N–H and O–H groups in total. The van der Waals surface area contributed by atoms with Crippen LogP contribution in [-0.2, 0) is 0 Å². The van der Waals surface area contributed by atoms with Gasteiger partial charge in [-0.25, -0.2) is 4.39 Å². The van der Waals surface area contributed by atoms with E-state index < -0.39 is 0 Å². The SMILES string of the molecule is OCCCCNC(c1ccccc1)c1ccc(F)cc1. The van der Waals surface area contributed by atoms with Gasteiger partial charge in [-0.2, -0.15) is 0 Å². The van der Waals surface area contributed by atoms with E-state index in [1.165, 1.54) is 12.1 Å². The summed E-state index contributed by atoms with van der Waals surface area (Å²) in [6.07, 6.45) is 1.71. The summed E-state index contributed by atoms with van der Waals surface area (Å²) < 4.78 is 13.1. The molecular formula is C17H20FNO. The molecule has 0 radical (unpaired) electrons. The van der Waals surface area contributed by atoms with Crippen LogP contribution in [0.25, 0.3) is 0 Å². The Bertz CT molecular complexity index is 498. The fourth-order valence-corrected chi connectivity index (χ4v) is 2.21. The van der Waals surface area contributed by atoms with Crippen molar-refractivity contribution in [1.82, 2.24) is 5.32 Å². The van der Waals surface area contributed by atoms with Crippen LogP contribution >= 0.6 is 0 Å². The van der Waals surface area contributed by atoms with E-state index in [0.29, 0.717) is 0 Å². The summed E-state index contributed by atoms with van der Waals surface area (Å²) in [5.74, 6) is -0.221. The van der Waals surface area contributed by atoms with Crippen LogP contribution < -0.4 is 5.32 Å². The molecule has 2 nitrogen and oxygen atoms in total. The Balaban J connectivity index is 2.13. The van der Waals surface area contributed by atoms with E-state index in [2.05, 4.69) is 17.4 Å². The number of hydrogen-bond donors (Lipinski definition) is 2. The van der Waals surface area contributed by atoms with Crippen molar-refractivity contribution in [3.63, 3.8) is 0 Å². The van der Waals surface area contributed by atoms with Gasteiger partial charge in [0.1, 0.15) is 5.82 Å². The molecule has 1 unspecified atom stereocenters. The molecule has 0 saturated carbocycles. The molecule has 1 atom stereocenters. The van der Waals surface area contributed by atoms with Crippen LogP contribution in [0.15, 0.2) is 54.6 Å². The molecule has 0 aliphatic rings. The van der Waals surface area contributed by atoms with Gasteiger partial charge in [0.25, 0.3) is 0 Å². The van der Waals surface area contributed by atoms with Crippen molar-refractivity contribution in [3.8, 4) is 0 Å². The van der Waals surface area contributed by atoms with Gasteiger partial charge < -0.3 is 10.4 Å². The van der Waals surface area contributed by atoms with Crippen molar-refractivity contribution in [2.45, 2.75) is 18.9 Å². The Kier molecular flexibility index (Phi) is 5.71. The number of benzene rings is 2. The van der Waals surface area contributed by atoms with Crippen molar-refractivity contribution in [2.75, 3.05) is 13.2 Å². The first-order valence-electron chi connectivity index (χ1n) is 6.96. The fraction of sp³-hybridized carbons (Fsp3) is 0.294. The Morgan fingerprint density at radius 1 is 0.900 bits per heavy atom. The average molecular weight is 273 g/mol. The van der Waals surface area contributed by atoms with Gasteiger partial charge >= 0.3 is 0 Å². The number of hydrogen-bond acceptors (Lipinski definition) is 2. The van der Waals surface area contributed by atoms with Gasteiger partial charge in [-0.15, -0.1) is 0 Å². The van der Waals surface area contributed by atoms with E-state index in [-0.39, 0.29) is 18.5 Å². The molecule has 0 amide bonds. The van der Waals surface area contributed by atoms with Gasteiger partial charge in [0.15, 0.2) is 0 Å². The summed E-state index contributed by atoms with van der Waals surface area (Å²) >= 11 is 0. The molecule has 20 heavy (non-hydrogen) atoms. The Hall–Kier alpha value is -1.71. The molecule has 0 heterocycles. The zero-order valence-electron chi connectivity index (χ0n) is 11.4.